The van der Waals surface area contributed by atoms with Crippen molar-refractivity contribution in [1.82, 2.24) is 15.0 Å². The summed E-state index contributed by atoms with van der Waals surface area (Å²) in [6.45, 7) is 2.00. The third-order valence-corrected chi connectivity index (χ3v) is 3.08. The number of nitrogens with zero attached hydrogens (tertiary/aromatic N) is 3. The molecule has 0 amide bonds. The monoisotopic (exact) mass is 298 g/mol. The van der Waals surface area contributed by atoms with Crippen LogP contribution in [0.25, 0.3) is 11.4 Å². The average Bonchev–Trinajstić information content (AvgIpc) is 2.20. The fourth-order valence-electron chi connectivity index (χ4n) is 1.23. The van der Waals surface area contributed by atoms with Gasteiger partial charge in [0, 0.05) is 10.0 Å². The molecule has 16 heavy (non-hydrogen) atoms. The summed E-state index contributed by atoms with van der Waals surface area (Å²) in [5.74, 6) is 0.588. The van der Waals surface area contributed by atoms with Crippen molar-refractivity contribution in [2.24, 2.45) is 0 Å². The summed E-state index contributed by atoms with van der Waals surface area (Å²) in [6.07, 6.45) is 0. The molecular formula is C10H8BrClN4. The van der Waals surface area contributed by atoms with E-state index in [1.807, 2.05) is 25.1 Å². The van der Waals surface area contributed by atoms with Gasteiger partial charge in [0.15, 0.2) is 5.82 Å². The van der Waals surface area contributed by atoms with E-state index in [4.69, 9.17) is 17.3 Å². The van der Waals surface area contributed by atoms with E-state index in [2.05, 4.69) is 30.9 Å². The van der Waals surface area contributed by atoms with E-state index in [1.165, 1.54) is 0 Å². The van der Waals surface area contributed by atoms with Gasteiger partial charge in [-0.1, -0.05) is 28.1 Å². The zero-order chi connectivity index (χ0) is 11.7. The second kappa shape index (κ2) is 4.35. The Labute approximate surface area is 106 Å². The molecule has 0 unspecified atom stereocenters. The molecule has 4 nitrogen and oxygen atoms in total. The maximum atomic E-state index is 5.72. The number of rotatable bonds is 1. The predicted octanol–water partition coefficient (Wildman–Crippen LogP) is 2.85. The zero-order valence-electron chi connectivity index (χ0n) is 8.41. The predicted molar refractivity (Wildman–Crippen MR) is 67.1 cm³/mol. The van der Waals surface area contributed by atoms with E-state index in [0.29, 0.717) is 5.82 Å². The number of nitrogen functional groups attached to an aromatic ring is 1. The van der Waals surface area contributed by atoms with E-state index in [0.717, 1.165) is 15.6 Å². The van der Waals surface area contributed by atoms with Gasteiger partial charge < -0.3 is 5.73 Å². The van der Waals surface area contributed by atoms with Gasteiger partial charge in [-0.25, -0.2) is 0 Å². The molecule has 1 aromatic carbocycles. The lowest BCUT2D eigenvalue weighted by Gasteiger charge is -2.03. The molecule has 0 bridgehead atoms. The largest absolute Gasteiger partial charge is 0.368 e. The van der Waals surface area contributed by atoms with Crippen LogP contribution >= 0.6 is 27.5 Å². The Bertz CT molecular complexity index is 524. The van der Waals surface area contributed by atoms with Crippen molar-refractivity contribution in [3.8, 4) is 11.4 Å². The number of anilines is 1. The van der Waals surface area contributed by atoms with E-state index in [-0.39, 0.29) is 11.2 Å². The quantitative estimate of drug-likeness (QED) is 0.879. The number of halogens is 2. The summed E-state index contributed by atoms with van der Waals surface area (Å²) in [7, 11) is 0. The molecule has 0 atom stereocenters. The molecule has 1 heterocycles. The fraction of sp³-hybridized carbons (Fsp3) is 0.100. The fourth-order valence-corrected chi connectivity index (χ4v) is 1.77. The van der Waals surface area contributed by atoms with Crippen LogP contribution in [0.15, 0.2) is 22.7 Å². The zero-order valence-corrected chi connectivity index (χ0v) is 10.7. The molecule has 0 aliphatic carbocycles. The second-order valence-corrected chi connectivity index (χ2v) is 4.44. The third kappa shape index (κ3) is 2.31. The van der Waals surface area contributed by atoms with E-state index in [1.54, 1.807) is 0 Å². The number of nitrogens with two attached hydrogens (primary N) is 1. The second-order valence-electron chi connectivity index (χ2n) is 3.25. The lowest BCUT2D eigenvalue weighted by atomic mass is 10.1. The number of hydrogen-bond donors (Lipinski definition) is 1. The SMILES string of the molecule is Cc1ccc(-c2nc(N)nc(Cl)n2)cc1Br. The Morgan fingerprint density at radius 1 is 1.25 bits per heavy atom. The summed E-state index contributed by atoms with van der Waals surface area (Å²) < 4.78 is 0.986. The maximum absolute atomic E-state index is 5.72. The Morgan fingerprint density at radius 2 is 2.00 bits per heavy atom. The molecule has 6 heteroatoms. The van der Waals surface area contributed by atoms with Crippen molar-refractivity contribution in [2.75, 3.05) is 5.73 Å². The number of hydrogen-bond acceptors (Lipinski definition) is 4. The summed E-state index contributed by atoms with van der Waals surface area (Å²) in [4.78, 5) is 11.8. The molecule has 2 rings (SSSR count). The number of benzene rings is 1. The highest BCUT2D eigenvalue weighted by molar-refractivity contribution is 9.10. The molecule has 2 N–H and O–H groups in total. The van der Waals surface area contributed by atoms with Gasteiger partial charge in [-0.3, -0.25) is 0 Å². The van der Waals surface area contributed by atoms with Crippen molar-refractivity contribution in [2.45, 2.75) is 6.92 Å². The van der Waals surface area contributed by atoms with Crippen LogP contribution in [-0.2, 0) is 0 Å². The van der Waals surface area contributed by atoms with Crippen molar-refractivity contribution < 1.29 is 0 Å². The lowest BCUT2D eigenvalue weighted by molar-refractivity contribution is 1.07. The van der Waals surface area contributed by atoms with Crippen molar-refractivity contribution in [3.63, 3.8) is 0 Å². The van der Waals surface area contributed by atoms with E-state index in [9.17, 15) is 0 Å². The number of aryl methyl sites for hydroxylation is 1. The summed E-state index contributed by atoms with van der Waals surface area (Å²) in [6, 6.07) is 5.79. The summed E-state index contributed by atoms with van der Waals surface area (Å²) in [5.41, 5.74) is 7.48. The van der Waals surface area contributed by atoms with Gasteiger partial charge in [0.25, 0.3) is 0 Å². The van der Waals surface area contributed by atoms with Crippen molar-refractivity contribution in [1.29, 1.82) is 0 Å². The van der Waals surface area contributed by atoms with Crippen LogP contribution in [0.3, 0.4) is 0 Å². The molecule has 0 spiro atoms. The molecule has 0 saturated carbocycles. The standard InChI is InChI=1S/C10H8BrClN4/c1-5-2-3-6(4-7(5)11)8-14-9(12)16-10(13)15-8/h2-4H,1H3,(H2,13,14,15,16). The van der Waals surface area contributed by atoms with Crippen LogP contribution in [0, 0.1) is 6.92 Å². The first kappa shape index (κ1) is 11.3. The smallest absolute Gasteiger partial charge is 0.227 e. The van der Waals surface area contributed by atoms with E-state index >= 15 is 0 Å². The van der Waals surface area contributed by atoms with Crippen LogP contribution in [-0.4, -0.2) is 15.0 Å². The number of aromatic nitrogens is 3. The van der Waals surface area contributed by atoms with Gasteiger partial charge in [-0.2, -0.15) is 15.0 Å². The van der Waals surface area contributed by atoms with Crippen LogP contribution in [0.5, 0.6) is 0 Å². The highest BCUT2D eigenvalue weighted by Gasteiger charge is 2.06. The van der Waals surface area contributed by atoms with Gasteiger partial charge in [0.05, 0.1) is 0 Å². The molecule has 0 radical (unpaired) electrons. The van der Waals surface area contributed by atoms with Crippen LogP contribution < -0.4 is 5.73 Å². The molecule has 82 valence electrons. The Balaban J connectivity index is 2.54. The molecule has 0 aliphatic heterocycles. The normalized spacial score (nSPS) is 10.4. The van der Waals surface area contributed by atoms with E-state index < -0.39 is 0 Å². The molecule has 2 aromatic rings. The van der Waals surface area contributed by atoms with Crippen LogP contribution in [0.1, 0.15) is 5.56 Å². The van der Waals surface area contributed by atoms with Crippen LogP contribution in [0.4, 0.5) is 5.95 Å². The first-order valence-electron chi connectivity index (χ1n) is 4.50. The molecule has 0 saturated heterocycles. The first-order chi connectivity index (χ1) is 7.56. The van der Waals surface area contributed by atoms with Crippen LogP contribution in [0.2, 0.25) is 5.28 Å². The van der Waals surface area contributed by atoms with Gasteiger partial charge in [0.1, 0.15) is 0 Å². The van der Waals surface area contributed by atoms with Gasteiger partial charge >= 0.3 is 0 Å². The molecule has 0 fully saturated rings. The van der Waals surface area contributed by atoms with Gasteiger partial charge in [0.2, 0.25) is 11.2 Å². The summed E-state index contributed by atoms with van der Waals surface area (Å²) in [5, 5.41) is 0.0965. The van der Waals surface area contributed by atoms with Gasteiger partial charge in [-0.05, 0) is 30.2 Å². The highest BCUT2D eigenvalue weighted by atomic mass is 79.9. The first-order valence-corrected chi connectivity index (χ1v) is 5.67. The molecule has 0 aliphatic rings. The minimum Gasteiger partial charge on any atom is -0.368 e. The lowest BCUT2D eigenvalue weighted by Crippen LogP contribution is -1.99. The highest BCUT2D eigenvalue weighted by Crippen LogP contribution is 2.24. The van der Waals surface area contributed by atoms with Crippen molar-refractivity contribution in [3.05, 3.63) is 33.5 Å². The molecular weight excluding hydrogens is 291 g/mol. The summed E-state index contributed by atoms with van der Waals surface area (Å²) >= 11 is 9.16. The Kier molecular flexibility index (Phi) is 3.07. The van der Waals surface area contributed by atoms with Gasteiger partial charge in [-0.15, -0.1) is 0 Å². The topological polar surface area (TPSA) is 64.7 Å². The maximum Gasteiger partial charge on any atom is 0.227 e. The Hall–Kier alpha value is -1.20. The average molecular weight is 300 g/mol. The van der Waals surface area contributed by atoms with Crippen molar-refractivity contribution >= 4 is 33.5 Å². The molecule has 1 aromatic heterocycles. The minimum absolute atomic E-state index is 0.0965. The Morgan fingerprint density at radius 3 is 2.62 bits per heavy atom. The third-order valence-electron chi connectivity index (χ3n) is 2.06. The minimum atomic E-state index is 0.0965.